The van der Waals surface area contributed by atoms with Crippen molar-refractivity contribution in [2.75, 3.05) is 6.54 Å². The maximum absolute atomic E-state index is 13.0. The maximum atomic E-state index is 13.0. The van der Waals surface area contributed by atoms with Crippen molar-refractivity contribution in [1.82, 2.24) is 30.2 Å². The molecule has 2 aromatic heterocycles. The Bertz CT molecular complexity index is 714. The van der Waals surface area contributed by atoms with E-state index in [4.69, 9.17) is 0 Å². The number of nitrogens with one attached hydrogen (secondary N) is 2. The lowest BCUT2D eigenvalue weighted by molar-refractivity contribution is 0.172. The number of urea groups is 1. The summed E-state index contributed by atoms with van der Waals surface area (Å²) in [5.74, 6) is 0. The standard InChI is InChI=1S/C18H28N6O/c1-12(15-10-19-23(4)11-15)20-18(25)24-9-7-5-6-8-16(24)17-13(2)21-22-14(17)3/h10-12,16H,5-9H2,1-4H3,(H,20,25)(H,21,22)/t12-,16+/m1/s1. The van der Waals surface area contributed by atoms with Crippen molar-refractivity contribution in [3.63, 3.8) is 0 Å². The molecular formula is C18H28N6O. The molecule has 3 rings (SSSR count). The van der Waals surface area contributed by atoms with Crippen LogP contribution in [0.5, 0.6) is 0 Å². The van der Waals surface area contributed by atoms with Crippen molar-refractivity contribution in [2.24, 2.45) is 7.05 Å². The van der Waals surface area contributed by atoms with Crippen LogP contribution in [-0.4, -0.2) is 37.5 Å². The van der Waals surface area contributed by atoms with E-state index < -0.39 is 0 Å². The summed E-state index contributed by atoms with van der Waals surface area (Å²) in [4.78, 5) is 15.0. The molecule has 3 heterocycles. The van der Waals surface area contributed by atoms with Crippen molar-refractivity contribution in [3.8, 4) is 0 Å². The van der Waals surface area contributed by atoms with Gasteiger partial charge in [-0.15, -0.1) is 0 Å². The molecular weight excluding hydrogens is 316 g/mol. The molecule has 2 amide bonds. The van der Waals surface area contributed by atoms with E-state index in [1.807, 2.05) is 38.9 Å². The van der Waals surface area contributed by atoms with Crippen LogP contribution in [0.3, 0.4) is 0 Å². The number of H-pyrrole nitrogens is 1. The van der Waals surface area contributed by atoms with Crippen LogP contribution >= 0.6 is 0 Å². The van der Waals surface area contributed by atoms with E-state index in [2.05, 4.69) is 20.6 Å². The molecule has 136 valence electrons. The molecule has 7 heteroatoms. The summed E-state index contributed by atoms with van der Waals surface area (Å²) >= 11 is 0. The fraction of sp³-hybridized carbons (Fsp3) is 0.611. The van der Waals surface area contributed by atoms with Crippen molar-refractivity contribution in [3.05, 3.63) is 34.9 Å². The number of rotatable bonds is 3. The zero-order valence-electron chi connectivity index (χ0n) is 15.5. The van der Waals surface area contributed by atoms with Crippen LogP contribution in [0.25, 0.3) is 0 Å². The minimum atomic E-state index is -0.0725. The van der Waals surface area contributed by atoms with E-state index in [1.165, 1.54) is 5.56 Å². The number of carbonyl (C=O) groups is 1. The highest BCUT2D eigenvalue weighted by Gasteiger charge is 2.30. The number of hydrogen-bond acceptors (Lipinski definition) is 3. The lowest BCUT2D eigenvalue weighted by Gasteiger charge is -2.31. The zero-order chi connectivity index (χ0) is 18.0. The predicted octanol–water partition coefficient (Wildman–Crippen LogP) is 3.15. The third-order valence-corrected chi connectivity index (χ3v) is 5.10. The second-order valence-corrected chi connectivity index (χ2v) is 7.02. The number of aromatic amines is 1. The number of hydrogen-bond donors (Lipinski definition) is 2. The van der Waals surface area contributed by atoms with Gasteiger partial charge in [0.05, 0.1) is 24.0 Å². The van der Waals surface area contributed by atoms with E-state index in [0.717, 1.165) is 49.2 Å². The third kappa shape index (κ3) is 3.70. The molecule has 0 aromatic carbocycles. The van der Waals surface area contributed by atoms with Crippen LogP contribution < -0.4 is 5.32 Å². The summed E-state index contributed by atoms with van der Waals surface area (Å²) in [6.45, 7) is 6.82. The molecule has 1 aliphatic heterocycles. The van der Waals surface area contributed by atoms with Gasteiger partial charge in [-0.25, -0.2) is 4.79 Å². The molecule has 2 atom stereocenters. The Labute approximate surface area is 148 Å². The van der Waals surface area contributed by atoms with Gasteiger partial charge in [-0.3, -0.25) is 9.78 Å². The highest BCUT2D eigenvalue weighted by Crippen LogP contribution is 2.33. The summed E-state index contributed by atoms with van der Waals surface area (Å²) in [6, 6.07) is 0.00208. The van der Waals surface area contributed by atoms with Gasteiger partial charge in [0.25, 0.3) is 0 Å². The summed E-state index contributed by atoms with van der Waals surface area (Å²) in [5, 5.41) is 14.7. The van der Waals surface area contributed by atoms with Gasteiger partial charge in [-0.1, -0.05) is 12.8 Å². The van der Waals surface area contributed by atoms with Crippen LogP contribution in [-0.2, 0) is 7.05 Å². The van der Waals surface area contributed by atoms with Crippen LogP contribution in [0.4, 0.5) is 4.79 Å². The van der Waals surface area contributed by atoms with Crippen molar-refractivity contribution < 1.29 is 4.79 Å². The average molecular weight is 344 g/mol. The largest absolute Gasteiger partial charge is 0.331 e. The minimum Gasteiger partial charge on any atom is -0.331 e. The highest BCUT2D eigenvalue weighted by atomic mass is 16.2. The molecule has 1 saturated heterocycles. The van der Waals surface area contributed by atoms with E-state index in [9.17, 15) is 4.79 Å². The van der Waals surface area contributed by atoms with Gasteiger partial charge in [0.1, 0.15) is 0 Å². The van der Waals surface area contributed by atoms with E-state index in [1.54, 1.807) is 10.9 Å². The summed E-state index contributed by atoms with van der Waals surface area (Å²) < 4.78 is 1.75. The fourth-order valence-corrected chi connectivity index (χ4v) is 3.72. The number of aromatic nitrogens is 4. The first-order chi connectivity index (χ1) is 12.0. The van der Waals surface area contributed by atoms with Crippen LogP contribution in [0.15, 0.2) is 12.4 Å². The minimum absolute atomic E-state index is 0.0109. The normalized spacial score (nSPS) is 19.5. The highest BCUT2D eigenvalue weighted by molar-refractivity contribution is 5.75. The Hall–Kier alpha value is -2.31. The second kappa shape index (κ2) is 7.29. The second-order valence-electron chi connectivity index (χ2n) is 7.02. The number of carbonyl (C=O) groups excluding carboxylic acids is 1. The first kappa shape index (κ1) is 17.5. The molecule has 2 N–H and O–H groups in total. The number of likely N-dealkylation sites (tertiary alicyclic amines) is 1. The monoisotopic (exact) mass is 344 g/mol. The molecule has 0 radical (unpaired) electrons. The van der Waals surface area contributed by atoms with E-state index >= 15 is 0 Å². The lowest BCUT2D eigenvalue weighted by Crippen LogP contribution is -2.43. The molecule has 25 heavy (non-hydrogen) atoms. The summed E-state index contributed by atoms with van der Waals surface area (Å²) in [5.41, 5.74) is 4.23. The van der Waals surface area contributed by atoms with Gasteiger partial charge < -0.3 is 10.2 Å². The molecule has 0 bridgehead atoms. The van der Waals surface area contributed by atoms with Gasteiger partial charge in [0.2, 0.25) is 0 Å². The number of amides is 2. The Morgan fingerprint density at radius 2 is 2.16 bits per heavy atom. The van der Waals surface area contributed by atoms with Crippen molar-refractivity contribution in [1.29, 1.82) is 0 Å². The Morgan fingerprint density at radius 1 is 1.36 bits per heavy atom. The summed E-state index contributed by atoms with van der Waals surface area (Å²) in [7, 11) is 1.88. The zero-order valence-corrected chi connectivity index (χ0v) is 15.5. The topological polar surface area (TPSA) is 78.8 Å². The molecule has 0 unspecified atom stereocenters. The Balaban J connectivity index is 1.80. The summed E-state index contributed by atoms with van der Waals surface area (Å²) in [6.07, 6.45) is 8.06. The molecule has 0 spiro atoms. The van der Waals surface area contributed by atoms with Gasteiger partial charge in [0.15, 0.2) is 0 Å². The van der Waals surface area contributed by atoms with Gasteiger partial charge >= 0.3 is 6.03 Å². The molecule has 0 aliphatic carbocycles. The Kier molecular flexibility index (Phi) is 5.11. The smallest absolute Gasteiger partial charge is 0.318 e. The lowest BCUT2D eigenvalue weighted by atomic mass is 9.99. The average Bonchev–Trinajstić information content (AvgIpc) is 3.05. The van der Waals surface area contributed by atoms with E-state index in [0.29, 0.717) is 0 Å². The fourth-order valence-electron chi connectivity index (χ4n) is 3.72. The van der Waals surface area contributed by atoms with Crippen molar-refractivity contribution >= 4 is 6.03 Å². The number of nitrogens with zero attached hydrogens (tertiary/aromatic N) is 4. The van der Waals surface area contributed by atoms with Crippen molar-refractivity contribution in [2.45, 2.75) is 58.5 Å². The first-order valence-corrected chi connectivity index (χ1v) is 9.04. The SMILES string of the molecule is Cc1n[nH]c(C)c1[C@@H]1CCCCCN1C(=O)N[C@H](C)c1cnn(C)c1. The van der Waals surface area contributed by atoms with Crippen LogP contribution in [0.1, 0.15) is 67.2 Å². The molecule has 0 saturated carbocycles. The molecule has 2 aromatic rings. The molecule has 1 aliphatic rings. The van der Waals surface area contributed by atoms with E-state index in [-0.39, 0.29) is 18.1 Å². The molecule has 7 nitrogen and oxygen atoms in total. The Morgan fingerprint density at radius 3 is 2.80 bits per heavy atom. The van der Waals surface area contributed by atoms with Crippen LogP contribution in [0, 0.1) is 13.8 Å². The quantitative estimate of drug-likeness (QED) is 0.898. The van der Waals surface area contributed by atoms with Gasteiger partial charge in [-0.05, 0) is 33.6 Å². The predicted molar refractivity (Wildman–Crippen MR) is 96.1 cm³/mol. The first-order valence-electron chi connectivity index (χ1n) is 9.04. The third-order valence-electron chi connectivity index (χ3n) is 5.10. The van der Waals surface area contributed by atoms with Crippen LogP contribution in [0.2, 0.25) is 0 Å². The van der Waals surface area contributed by atoms with Gasteiger partial charge in [0, 0.05) is 36.6 Å². The van der Waals surface area contributed by atoms with Gasteiger partial charge in [-0.2, -0.15) is 10.2 Å². The molecule has 1 fully saturated rings. The maximum Gasteiger partial charge on any atom is 0.318 e. The number of aryl methyl sites for hydroxylation is 3.